The summed E-state index contributed by atoms with van der Waals surface area (Å²) >= 11 is 0. The number of halogens is 1. The van der Waals surface area contributed by atoms with E-state index in [-0.39, 0.29) is 24.0 Å². The molecule has 0 spiro atoms. The van der Waals surface area contributed by atoms with Crippen LogP contribution in [0.2, 0.25) is 0 Å². The van der Waals surface area contributed by atoms with E-state index in [9.17, 15) is 0 Å². The van der Waals surface area contributed by atoms with Crippen LogP contribution in [-0.4, -0.2) is 73.5 Å². The van der Waals surface area contributed by atoms with Crippen LogP contribution in [0.3, 0.4) is 0 Å². The van der Waals surface area contributed by atoms with E-state index in [0.29, 0.717) is 17.0 Å². The fourth-order valence-corrected chi connectivity index (χ4v) is 4.66. The molecule has 0 aromatic carbocycles. The summed E-state index contributed by atoms with van der Waals surface area (Å²) in [5.41, 5.74) is 1.09. The molecule has 1 fully saturated rings. The summed E-state index contributed by atoms with van der Waals surface area (Å²) in [5.74, 6) is 0. The summed E-state index contributed by atoms with van der Waals surface area (Å²) < 4.78 is 0. The molecule has 2 N–H and O–H groups in total. The Morgan fingerprint density at radius 3 is 2.00 bits per heavy atom. The van der Waals surface area contributed by atoms with E-state index >= 15 is 0 Å². The second kappa shape index (κ2) is 8.44. The normalized spacial score (nSPS) is 26.6. The molecule has 1 saturated heterocycles. The molecule has 7 heteroatoms. The van der Waals surface area contributed by atoms with Gasteiger partial charge >= 0.3 is 0 Å². The van der Waals surface area contributed by atoms with Gasteiger partial charge in [0.25, 0.3) is 0 Å². The van der Waals surface area contributed by atoms with Gasteiger partial charge < -0.3 is 28.9 Å². The van der Waals surface area contributed by atoms with Gasteiger partial charge in [0.2, 0.25) is 11.0 Å². The minimum Gasteiger partial charge on any atom is -1.00 e. The van der Waals surface area contributed by atoms with Crippen molar-refractivity contribution < 1.29 is 29.3 Å². The van der Waals surface area contributed by atoms with Crippen molar-refractivity contribution in [1.82, 2.24) is 14.7 Å². The Morgan fingerprint density at radius 2 is 1.59 bits per heavy atom. The lowest BCUT2D eigenvalue weighted by Gasteiger charge is -2.28. The molecule has 1 aliphatic rings. The molecule has 3 atom stereocenters. The molecule has 1 rings (SSSR count). The van der Waals surface area contributed by atoms with Crippen molar-refractivity contribution in [2.75, 3.05) is 41.8 Å². The lowest BCUT2D eigenvalue weighted by Crippen LogP contribution is -3.00. The highest BCUT2D eigenvalue weighted by molar-refractivity contribution is 8.77. The van der Waals surface area contributed by atoms with Crippen LogP contribution in [-0.2, 0) is 0 Å². The Hall–Kier alpha value is 1.27. The summed E-state index contributed by atoms with van der Waals surface area (Å²) in [5, 5.41) is 2.43. The van der Waals surface area contributed by atoms with Crippen LogP contribution < -0.4 is 29.3 Å². The number of nitrogens with zero attached hydrogens (tertiary/aromatic N) is 3. The van der Waals surface area contributed by atoms with Crippen LogP contribution in [0.15, 0.2) is 0 Å². The van der Waals surface area contributed by atoms with Crippen molar-refractivity contribution in [3.63, 3.8) is 0 Å². The molecule has 0 aliphatic carbocycles. The van der Waals surface area contributed by atoms with Crippen LogP contribution in [0.5, 0.6) is 0 Å². The molecule has 17 heavy (non-hydrogen) atoms. The van der Waals surface area contributed by atoms with E-state index in [1.165, 1.54) is 0 Å². The second-order valence-corrected chi connectivity index (χ2v) is 7.39. The van der Waals surface area contributed by atoms with Gasteiger partial charge in [0.15, 0.2) is 0 Å². The second-order valence-electron chi connectivity index (χ2n) is 4.88. The third kappa shape index (κ3) is 5.84. The van der Waals surface area contributed by atoms with Gasteiger partial charge in [-0.2, -0.15) is 0 Å². The lowest BCUT2D eigenvalue weighted by atomic mass is 10.3. The minimum absolute atomic E-state index is 0. The summed E-state index contributed by atoms with van der Waals surface area (Å²) in [4.78, 5) is 6.97. The molecule has 0 amide bonds. The van der Waals surface area contributed by atoms with Gasteiger partial charge in [0.05, 0.1) is 0 Å². The van der Waals surface area contributed by atoms with Crippen LogP contribution >= 0.6 is 21.6 Å². The first kappa shape index (κ1) is 18.3. The Morgan fingerprint density at radius 1 is 1.06 bits per heavy atom. The number of hydrogen-bond donors (Lipinski definition) is 1. The molecule has 1 aliphatic heterocycles. The molecule has 0 radical (unpaired) electrons. The molecule has 0 bridgehead atoms. The monoisotopic (exact) mass is 392 g/mol. The molecule has 4 nitrogen and oxygen atoms in total. The zero-order valence-electron chi connectivity index (χ0n) is 11.6. The quantitative estimate of drug-likeness (QED) is 0.397. The molecule has 0 aromatic rings. The van der Waals surface area contributed by atoms with Crippen molar-refractivity contribution in [3.05, 3.63) is 0 Å². The van der Waals surface area contributed by atoms with Crippen LogP contribution in [0.4, 0.5) is 0 Å². The molecule has 0 saturated carbocycles. The average molecular weight is 392 g/mol. The first-order chi connectivity index (χ1) is 7.41. The summed E-state index contributed by atoms with van der Waals surface area (Å²) in [6.45, 7) is 3.38. The van der Waals surface area contributed by atoms with Crippen molar-refractivity contribution in [1.29, 1.82) is 0 Å². The van der Waals surface area contributed by atoms with Crippen molar-refractivity contribution >= 4 is 21.6 Å². The third-order valence-corrected chi connectivity index (χ3v) is 6.08. The predicted octanol–water partition coefficient (Wildman–Crippen LogP) is -3.04. The van der Waals surface area contributed by atoms with E-state index in [1.54, 1.807) is 0 Å². The summed E-state index contributed by atoms with van der Waals surface area (Å²) in [7, 11) is 14.7. The average Bonchev–Trinajstić information content (AvgIpc) is 2.65. The van der Waals surface area contributed by atoms with E-state index in [2.05, 4.69) is 62.2 Å². The standard InChI is InChI=1S/C10H24N4S2.HI/c1-8(12(2)3)7-14(6)10-11-9(13(4)5)15-16-10;/h8-11H,7H2,1-6H3;1H. The fraction of sp³-hybridized carbons (Fsp3) is 1.00. The molecule has 104 valence electrons. The van der Waals surface area contributed by atoms with E-state index < -0.39 is 0 Å². The third-order valence-electron chi connectivity index (χ3n) is 2.96. The van der Waals surface area contributed by atoms with Crippen LogP contribution in [0, 0.1) is 0 Å². The largest absolute Gasteiger partial charge is 1.00 e. The number of hydrogen-bond acceptors (Lipinski definition) is 5. The highest BCUT2D eigenvalue weighted by Gasteiger charge is 2.34. The van der Waals surface area contributed by atoms with Gasteiger partial charge in [-0.25, -0.2) is 4.90 Å². The van der Waals surface area contributed by atoms with Crippen molar-refractivity contribution in [2.24, 2.45) is 0 Å². The highest BCUT2D eigenvalue weighted by atomic mass is 127. The maximum absolute atomic E-state index is 2.44. The summed E-state index contributed by atoms with van der Waals surface area (Å²) in [6.07, 6.45) is 0. The van der Waals surface area contributed by atoms with Gasteiger partial charge in [0.1, 0.15) is 0 Å². The summed E-state index contributed by atoms with van der Waals surface area (Å²) in [6, 6.07) is 0.599. The SMILES string of the molecule is CC(CN(C)C1[NH2+]C(N(C)C)SS1)N(C)C.[I-]. The van der Waals surface area contributed by atoms with Crippen molar-refractivity contribution in [3.8, 4) is 0 Å². The van der Waals surface area contributed by atoms with Gasteiger partial charge in [0, 0.05) is 12.6 Å². The first-order valence-electron chi connectivity index (χ1n) is 5.62. The van der Waals surface area contributed by atoms with E-state index in [0.717, 1.165) is 6.54 Å². The van der Waals surface area contributed by atoms with Crippen LogP contribution in [0.1, 0.15) is 6.92 Å². The molecular weight excluding hydrogens is 367 g/mol. The van der Waals surface area contributed by atoms with Gasteiger partial charge in [-0.1, -0.05) is 0 Å². The Kier molecular flexibility index (Phi) is 9.07. The Labute approximate surface area is 131 Å². The smallest absolute Gasteiger partial charge is 0.202 e. The first-order valence-corrected chi connectivity index (χ1v) is 7.89. The highest BCUT2D eigenvalue weighted by Crippen LogP contribution is 2.32. The topological polar surface area (TPSA) is 26.3 Å². The maximum atomic E-state index is 2.44. The zero-order chi connectivity index (χ0) is 12.3. The number of likely N-dealkylation sites (N-methyl/N-ethyl adjacent to an activating group) is 2. The van der Waals surface area contributed by atoms with E-state index in [1.807, 2.05) is 21.6 Å². The molecule has 3 unspecified atom stereocenters. The Bertz CT molecular complexity index is 218. The predicted molar refractivity (Wildman–Crippen MR) is 74.1 cm³/mol. The molecular formula is C10H25IN4S2. The van der Waals surface area contributed by atoms with Crippen molar-refractivity contribution in [2.45, 2.75) is 24.0 Å². The molecule has 1 heterocycles. The maximum Gasteiger partial charge on any atom is 0.202 e. The number of nitrogens with two attached hydrogens (primary N) is 1. The van der Waals surface area contributed by atoms with E-state index in [4.69, 9.17) is 0 Å². The Balaban J connectivity index is 0.00000256. The molecule has 0 aromatic heterocycles. The van der Waals surface area contributed by atoms with Crippen LogP contribution in [0.25, 0.3) is 0 Å². The number of quaternary nitrogens is 1. The number of rotatable bonds is 5. The minimum atomic E-state index is 0. The fourth-order valence-electron chi connectivity index (χ4n) is 1.48. The lowest BCUT2D eigenvalue weighted by molar-refractivity contribution is -0.709. The van der Waals surface area contributed by atoms with Gasteiger partial charge in [-0.05, 0) is 63.7 Å². The van der Waals surface area contributed by atoms with Gasteiger partial charge in [-0.3, -0.25) is 10.2 Å². The van der Waals surface area contributed by atoms with Gasteiger partial charge in [-0.15, -0.1) is 0 Å². The zero-order valence-corrected chi connectivity index (χ0v) is 15.3.